The van der Waals surface area contributed by atoms with Gasteiger partial charge in [-0.2, -0.15) is 0 Å². The fraction of sp³-hybridized carbons (Fsp3) is 0.800. The lowest BCUT2D eigenvalue weighted by Crippen LogP contribution is -2.50. The normalized spacial score (nSPS) is 29.5. The summed E-state index contributed by atoms with van der Waals surface area (Å²) in [5.74, 6) is -0.729. The molecule has 5 heteroatoms. The molecule has 20 heavy (non-hydrogen) atoms. The van der Waals surface area contributed by atoms with Crippen molar-refractivity contribution in [1.82, 2.24) is 0 Å². The second-order valence-corrected chi connectivity index (χ2v) is 6.42. The fourth-order valence-corrected chi connectivity index (χ4v) is 2.22. The molecule has 0 bridgehead atoms. The van der Waals surface area contributed by atoms with Crippen LogP contribution in [0.2, 0.25) is 0 Å². The lowest BCUT2D eigenvalue weighted by Gasteiger charge is -2.40. The van der Waals surface area contributed by atoms with E-state index < -0.39 is 22.7 Å². The zero-order chi connectivity index (χ0) is 15.8. The lowest BCUT2D eigenvalue weighted by molar-refractivity contribution is -0.177. The van der Waals surface area contributed by atoms with Crippen LogP contribution in [0.25, 0.3) is 0 Å². The largest absolute Gasteiger partial charge is 0.458 e. The quantitative estimate of drug-likeness (QED) is 0.574. The van der Waals surface area contributed by atoms with Crippen molar-refractivity contribution in [3.63, 3.8) is 0 Å². The van der Waals surface area contributed by atoms with Crippen molar-refractivity contribution < 1.29 is 19.1 Å². The second kappa shape index (κ2) is 5.19. The number of ether oxygens (including phenoxy) is 2. The fourth-order valence-electron chi connectivity index (χ4n) is 2.22. The molecule has 1 rings (SSSR count). The van der Waals surface area contributed by atoms with Gasteiger partial charge in [-0.3, -0.25) is 14.6 Å². The average Bonchev–Trinajstić information content (AvgIpc) is 2.61. The van der Waals surface area contributed by atoms with E-state index in [-0.39, 0.29) is 18.4 Å². The van der Waals surface area contributed by atoms with Crippen LogP contribution in [0.4, 0.5) is 0 Å². The summed E-state index contributed by atoms with van der Waals surface area (Å²) in [5, 5.41) is 0. The van der Waals surface area contributed by atoms with Crippen LogP contribution in [0.3, 0.4) is 0 Å². The van der Waals surface area contributed by atoms with Crippen LogP contribution in [0, 0.1) is 5.41 Å². The molecule has 0 N–H and O–H groups in total. The van der Waals surface area contributed by atoms with Gasteiger partial charge in [-0.15, -0.1) is 0 Å². The minimum absolute atomic E-state index is 0.0837. The van der Waals surface area contributed by atoms with Crippen LogP contribution in [0.1, 0.15) is 54.4 Å². The molecule has 3 unspecified atom stereocenters. The molecular formula is C15H25NO4. The standard InChI is InChI=1S/C15H25NO4/c1-8-15(6,16-7)13(3,4)12(18)20-14(5)9-11(17)19-10(14)2/h10H,7-9H2,1-6H3. The number of aliphatic imine (C=N–C) groups is 1. The third kappa shape index (κ3) is 2.58. The van der Waals surface area contributed by atoms with Crippen LogP contribution < -0.4 is 0 Å². The number of carbonyl (C=O) groups is 2. The van der Waals surface area contributed by atoms with Crippen LogP contribution in [-0.4, -0.2) is 35.9 Å². The number of hydrogen-bond acceptors (Lipinski definition) is 5. The van der Waals surface area contributed by atoms with Gasteiger partial charge in [0.1, 0.15) is 6.10 Å². The third-order valence-electron chi connectivity index (χ3n) is 4.88. The van der Waals surface area contributed by atoms with Gasteiger partial charge in [-0.1, -0.05) is 6.92 Å². The monoisotopic (exact) mass is 283 g/mol. The number of rotatable bonds is 5. The van der Waals surface area contributed by atoms with Crippen LogP contribution in [0.15, 0.2) is 4.99 Å². The van der Waals surface area contributed by atoms with Crippen LogP contribution in [0.5, 0.6) is 0 Å². The molecule has 0 aliphatic carbocycles. The molecule has 0 spiro atoms. The average molecular weight is 283 g/mol. The predicted octanol–water partition coefficient (Wildman–Crippen LogP) is 2.52. The van der Waals surface area contributed by atoms with Crippen molar-refractivity contribution in [3.8, 4) is 0 Å². The van der Waals surface area contributed by atoms with Gasteiger partial charge in [0, 0.05) is 0 Å². The summed E-state index contributed by atoms with van der Waals surface area (Å²) in [7, 11) is 0. The molecule has 1 saturated heterocycles. The molecule has 1 aliphatic heterocycles. The highest BCUT2D eigenvalue weighted by Crippen LogP contribution is 2.40. The van der Waals surface area contributed by atoms with E-state index in [2.05, 4.69) is 11.7 Å². The zero-order valence-electron chi connectivity index (χ0n) is 13.3. The summed E-state index contributed by atoms with van der Waals surface area (Å²) in [4.78, 5) is 28.0. The second-order valence-electron chi connectivity index (χ2n) is 6.42. The Balaban J connectivity index is 2.96. The maximum absolute atomic E-state index is 12.6. The first kappa shape index (κ1) is 16.7. The molecule has 0 aromatic heterocycles. The molecule has 0 radical (unpaired) electrons. The SMILES string of the molecule is C=NC(C)(CC)C(C)(C)C(=O)OC1(C)CC(=O)OC1C. The topological polar surface area (TPSA) is 65.0 Å². The first-order chi connectivity index (χ1) is 9.02. The summed E-state index contributed by atoms with van der Waals surface area (Å²) in [6.45, 7) is 14.5. The highest BCUT2D eigenvalue weighted by molar-refractivity contribution is 5.80. The summed E-state index contributed by atoms with van der Waals surface area (Å²) in [6.07, 6.45) is 0.306. The van der Waals surface area contributed by atoms with Gasteiger partial charge < -0.3 is 9.47 Å². The highest BCUT2D eigenvalue weighted by Gasteiger charge is 2.52. The Labute approximate surface area is 120 Å². The van der Waals surface area contributed by atoms with Crippen molar-refractivity contribution in [3.05, 3.63) is 0 Å². The summed E-state index contributed by atoms with van der Waals surface area (Å²) >= 11 is 0. The first-order valence-corrected chi connectivity index (χ1v) is 6.93. The molecule has 0 saturated carbocycles. The van der Waals surface area contributed by atoms with Crippen molar-refractivity contribution in [2.45, 2.75) is 71.6 Å². The number of esters is 2. The molecule has 0 aromatic rings. The minimum Gasteiger partial charge on any atom is -0.458 e. The van der Waals surface area contributed by atoms with E-state index in [1.807, 2.05) is 13.8 Å². The van der Waals surface area contributed by atoms with Gasteiger partial charge in [0.2, 0.25) is 0 Å². The summed E-state index contributed by atoms with van der Waals surface area (Å²) in [5.41, 5.74) is -2.37. The molecule has 1 heterocycles. The van der Waals surface area contributed by atoms with E-state index in [0.29, 0.717) is 6.42 Å². The molecular weight excluding hydrogens is 258 g/mol. The smallest absolute Gasteiger partial charge is 0.314 e. The van der Waals surface area contributed by atoms with Gasteiger partial charge in [0.15, 0.2) is 5.60 Å². The maximum atomic E-state index is 12.6. The molecule has 5 nitrogen and oxygen atoms in total. The van der Waals surface area contributed by atoms with Gasteiger partial charge in [-0.25, -0.2) is 0 Å². The molecule has 3 atom stereocenters. The Hall–Kier alpha value is -1.39. The van der Waals surface area contributed by atoms with E-state index >= 15 is 0 Å². The Morgan fingerprint density at radius 1 is 1.55 bits per heavy atom. The van der Waals surface area contributed by atoms with E-state index in [1.54, 1.807) is 27.7 Å². The molecule has 1 fully saturated rings. The Morgan fingerprint density at radius 3 is 2.45 bits per heavy atom. The van der Waals surface area contributed by atoms with Crippen molar-refractivity contribution in [1.29, 1.82) is 0 Å². The maximum Gasteiger partial charge on any atom is 0.314 e. The van der Waals surface area contributed by atoms with Crippen LogP contribution in [-0.2, 0) is 19.1 Å². The first-order valence-electron chi connectivity index (χ1n) is 6.93. The minimum atomic E-state index is -0.915. The number of carbonyl (C=O) groups excluding carboxylic acids is 2. The van der Waals surface area contributed by atoms with Crippen molar-refractivity contribution in [2.24, 2.45) is 10.4 Å². The zero-order valence-corrected chi connectivity index (χ0v) is 13.3. The van der Waals surface area contributed by atoms with Gasteiger partial charge in [0.05, 0.1) is 17.4 Å². The van der Waals surface area contributed by atoms with Crippen molar-refractivity contribution in [2.75, 3.05) is 0 Å². The Morgan fingerprint density at radius 2 is 2.10 bits per heavy atom. The summed E-state index contributed by atoms with van der Waals surface area (Å²) in [6, 6.07) is 0. The van der Waals surface area contributed by atoms with Crippen molar-refractivity contribution >= 4 is 18.7 Å². The third-order valence-corrected chi connectivity index (χ3v) is 4.88. The van der Waals surface area contributed by atoms with E-state index in [9.17, 15) is 9.59 Å². The lowest BCUT2D eigenvalue weighted by atomic mass is 9.72. The van der Waals surface area contributed by atoms with E-state index in [0.717, 1.165) is 0 Å². The Bertz CT molecular complexity index is 432. The van der Waals surface area contributed by atoms with Gasteiger partial charge in [-0.05, 0) is 47.8 Å². The Kier molecular flexibility index (Phi) is 4.32. The predicted molar refractivity (Wildman–Crippen MR) is 76.7 cm³/mol. The number of nitrogens with zero attached hydrogens (tertiary/aromatic N) is 1. The number of cyclic esters (lactones) is 1. The molecule has 114 valence electrons. The van der Waals surface area contributed by atoms with Crippen LogP contribution >= 0.6 is 0 Å². The molecule has 1 aliphatic rings. The molecule has 0 aromatic carbocycles. The van der Waals surface area contributed by atoms with Gasteiger partial charge in [0.25, 0.3) is 0 Å². The summed E-state index contributed by atoms with van der Waals surface area (Å²) < 4.78 is 10.7. The number of hydrogen-bond donors (Lipinski definition) is 0. The van der Waals surface area contributed by atoms with E-state index in [4.69, 9.17) is 9.47 Å². The van der Waals surface area contributed by atoms with Gasteiger partial charge >= 0.3 is 11.9 Å². The molecule has 0 amide bonds. The highest BCUT2D eigenvalue weighted by atomic mass is 16.6. The van der Waals surface area contributed by atoms with E-state index in [1.165, 1.54) is 0 Å².